The zero-order valence-electron chi connectivity index (χ0n) is 19.8. The van der Waals surface area contributed by atoms with Crippen molar-refractivity contribution in [2.45, 2.75) is 51.7 Å². The highest BCUT2D eigenvalue weighted by molar-refractivity contribution is 6.30. The van der Waals surface area contributed by atoms with Gasteiger partial charge in [0.05, 0.1) is 24.7 Å². The molecule has 9 heteroatoms. The first-order chi connectivity index (χ1) is 16.1. The monoisotopic (exact) mass is 489 g/mol. The summed E-state index contributed by atoms with van der Waals surface area (Å²) < 4.78 is 5.82. The lowest BCUT2D eigenvalue weighted by atomic mass is 9.88. The predicted molar refractivity (Wildman–Crippen MR) is 126 cm³/mol. The fourth-order valence-corrected chi connectivity index (χ4v) is 6.21. The first-order valence-corrected chi connectivity index (χ1v) is 12.5. The number of rotatable bonds is 4. The fraction of sp³-hybridized carbons (Fsp3) is 0.640. The molecule has 184 valence electrons. The van der Waals surface area contributed by atoms with Gasteiger partial charge in [0.25, 0.3) is 0 Å². The van der Waals surface area contributed by atoms with Crippen molar-refractivity contribution in [3.05, 3.63) is 33.8 Å². The average Bonchev–Trinajstić information content (AvgIpc) is 3.37. The van der Waals surface area contributed by atoms with Crippen LogP contribution in [0.3, 0.4) is 0 Å². The molecule has 1 aromatic carbocycles. The molecule has 3 aliphatic heterocycles. The smallest absolute Gasteiger partial charge is 0.320 e. The minimum Gasteiger partial charge on any atom is -0.481 e. The molecule has 3 fully saturated rings. The van der Waals surface area contributed by atoms with E-state index in [4.69, 9.17) is 16.3 Å². The van der Waals surface area contributed by atoms with Gasteiger partial charge >= 0.3 is 12.0 Å². The van der Waals surface area contributed by atoms with Crippen molar-refractivity contribution in [3.8, 4) is 0 Å². The molecule has 0 unspecified atom stereocenters. The lowest BCUT2D eigenvalue weighted by molar-refractivity contribution is -0.149. The standard InChI is InChI=1S/C25H32ClN3O5/c1-25(2,23(31)32)14-28-5-6-34-13-21(28)19-9-17(26)7-15-3-4-27(12-20(15)19)24(33)29-11-16-8-18(29)10-22(16)30/h7,9,16,18,21H,3-6,8,10-14H2,1-2H3,(H,31,32)/t16-,18-,21-/m0/s1. The minimum atomic E-state index is -0.900. The summed E-state index contributed by atoms with van der Waals surface area (Å²) in [5.41, 5.74) is 2.33. The third kappa shape index (κ3) is 4.20. The zero-order valence-corrected chi connectivity index (χ0v) is 20.5. The predicted octanol–water partition coefficient (Wildman–Crippen LogP) is 2.97. The lowest BCUT2D eigenvalue weighted by Gasteiger charge is -2.42. The number of likely N-dealkylation sites (tertiary alicyclic amines) is 1. The summed E-state index contributed by atoms with van der Waals surface area (Å²) in [6, 6.07) is 3.85. The van der Waals surface area contributed by atoms with E-state index >= 15 is 0 Å². The highest BCUT2D eigenvalue weighted by atomic mass is 35.5. The quantitative estimate of drug-likeness (QED) is 0.699. The number of piperidine rings is 1. The van der Waals surface area contributed by atoms with E-state index < -0.39 is 11.4 Å². The summed E-state index contributed by atoms with van der Waals surface area (Å²) in [6.45, 7) is 7.15. The van der Waals surface area contributed by atoms with Gasteiger partial charge in [0, 0.05) is 56.1 Å². The molecule has 34 heavy (non-hydrogen) atoms. The summed E-state index contributed by atoms with van der Waals surface area (Å²) in [5, 5.41) is 10.3. The number of aliphatic carboxylic acids is 1. The van der Waals surface area contributed by atoms with Gasteiger partial charge in [-0.2, -0.15) is 0 Å². The van der Waals surface area contributed by atoms with Crippen LogP contribution in [-0.4, -0.2) is 83.0 Å². The van der Waals surface area contributed by atoms with Crippen molar-refractivity contribution >= 4 is 29.4 Å². The van der Waals surface area contributed by atoms with E-state index in [1.165, 1.54) is 0 Å². The first-order valence-electron chi connectivity index (χ1n) is 12.1. The van der Waals surface area contributed by atoms with Gasteiger partial charge in [-0.05, 0) is 55.5 Å². The number of hydrogen-bond donors (Lipinski definition) is 1. The van der Waals surface area contributed by atoms with Crippen LogP contribution in [0.2, 0.25) is 5.02 Å². The number of benzene rings is 1. The van der Waals surface area contributed by atoms with E-state index in [0.29, 0.717) is 63.8 Å². The van der Waals surface area contributed by atoms with Gasteiger partial charge in [0.15, 0.2) is 0 Å². The maximum Gasteiger partial charge on any atom is 0.320 e. The van der Waals surface area contributed by atoms with Gasteiger partial charge in [-0.15, -0.1) is 0 Å². The van der Waals surface area contributed by atoms with Crippen LogP contribution in [0.15, 0.2) is 12.1 Å². The summed E-state index contributed by atoms with van der Waals surface area (Å²) in [5.74, 6) is -0.538. The third-order valence-electron chi connectivity index (χ3n) is 7.94. The summed E-state index contributed by atoms with van der Waals surface area (Å²) in [7, 11) is 0. The van der Waals surface area contributed by atoms with Gasteiger partial charge in [-0.25, -0.2) is 4.79 Å². The molecule has 2 bridgehead atoms. The van der Waals surface area contributed by atoms with Gasteiger partial charge < -0.3 is 19.6 Å². The van der Waals surface area contributed by atoms with Crippen LogP contribution in [0.1, 0.15) is 49.4 Å². The van der Waals surface area contributed by atoms with Crippen molar-refractivity contribution in [3.63, 3.8) is 0 Å². The second kappa shape index (κ2) is 8.81. The number of Topliss-reactive ketones (excluding diaryl/α,β-unsaturated/α-hetero) is 1. The zero-order chi connectivity index (χ0) is 24.2. The molecule has 2 saturated heterocycles. The van der Waals surface area contributed by atoms with E-state index in [-0.39, 0.29) is 29.8 Å². The Bertz CT molecular complexity index is 1030. The Morgan fingerprint density at radius 2 is 2.06 bits per heavy atom. The van der Waals surface area contributed by atoms with Crippen LogP contribution >= 0.6 is 11.6 Å². The normalized spacial score (nSPS) is 27.3. The van der Waals surface area contributed by atoms with Crippen LogP contribution < -0.4 is 0 Å². The van der Waals surface area contributed by atoms with Crippen molar-refractivity contribution in [2.75, 3.05) is 39.4 Å². The Kier molecular flexibility index (Phi) is 6.11. The number of urea groups is 1. The van der Waals surface area contributed by atoms with Crippen molar-refractivity contribution in [1.29, 1.82) is 0 Å². The number of morpholine rings is 1. The number of hydrogen-bond acceptors (Lipinski definition) is 5. The number of ether oxygens (including phenoxy) is 1. The topological polar surface area (TPSA) is 90.4 Å². The van der Waals surface area contributed by atoms with E-state index in [1.807, 2.05) is 21.9 Å². The van der Waals surface area contributed by atoms with Crippen molar-refractivity contribution in [2.24, 2.45) is 11.3 Å². The number of fused-ring (bicyclic) bond motifs is 3. The molecular weight excluding hydrogens is 458 g/mol. The Balaban J connectivity index is 1.41. The van der Waals surface area contributed by atoms with E-state index in [2.05, 4.69) is 4.90 Å². The number of carbonyl (C=O) groups is 3. The second-order valence-corrected chi connectivity index (χ2v) is 11.2. The van der Waals surface area contributed by atoms with Gasteiger partial charge in [-0.1, -0.05) is 11.6 Å². The maximum atomic E-state index is 13.4. The average molecular weight is 490 g/mol. The van der Waals surface area contributed by atoms with Crippen LogP contribution in [0.25, 0.3) is 0 Å². The molecule has 0 aromatic heterocycles. The Morgan fingerprint density at radius 3 is 2.74 bits per heavy atom. The number of nitrogens with zero attached hydrogens (tertiary/aromatic N) is 3. The SMILES string of the molecule is CC(C)(CN1CCOC[C@H]1c1cc(Cl)cc2c1CN(C(=O)N1C[C@@H]3C[C@H]1CC3=O)CC2)C(=O)O. The van der Waals surface area contributed by atoms with E-state index in [0.717, 1.165) is 23.1 Å². The number of carboxylic acid groups (broad SMARTS) is 1. The van der Waals surface area contributed by atoms with E-state index in [1.54, 1.807) is 13.8 Å². The molecule has 4 aliphatic rings. The third-order valence-corrected chi connectivity index (χ3v) is 8.16. The first kappa shape index (κ1) is 23.6. The summed E-state index contributed by atoms with van der Waals surface area (Å²) in [4.78, 5) is 43.1. The molecule has 1 saturated carbocycles. The molecular formula is C25H32ClN3O5. The number of carboxylic acids is 1. The van der Waals surface area contributed by atoms with Crippen molar-refractivity contribution < 1.29 is 24.2 Å². The molecule has 3 heterocycles. The molecule has 5 rings (SSSR count). The molecule has 1 aliphatic carbocycles. The largest absolute Gasteiger partial charge is 0.481 e. The summed E-state index contributed by atoms with van der Waals surface area (Å²) in [6.07, 6.45) is 1.99. The Morgan fingerprint density at radius 1 is 1.26 bits per heavy atom. The van der Waals surface area contributed by atoms with Gasteiger partial charge in [-0.3, -0.25) is 14.5 Å². The van der Waals surface area contributed by atoms with E-state index in [9.17, 15) is 19.5 Å². The fourth-order valence-electron chi connectivity index (χ4n) is 5.97. The Hall–Kier alpha value is -2.16. The molecule has 0 spiro atoms. The number of ketones is 1. The molecule has 3 atom stereocenters. The van der Waals surface area contributed by atoms with Crippen molar-refractivity contribution in [1.82, 2.24) is 14.7 Å². The highest BCUT2D eigenvalue weighted by Crippen LogP contribution is 2.38. The minimum absolute atomic E-state index is 0.00549. The van der Waals surface area contributed by atoms with Crippen LogP contribution in [-0.2, 0) is 27.3 Å². The number of halogens is 1. The van der Waals surface area contributed by atoms with Crippen LogP contribution in [0.5, 0.6) is 0 Å². The second-order valence-electron chi connectivity index (χ2n) is 10.7. The molecule has 1 N–H and O–H groups in total. The molecule has 1 aromatic rings. The Labute approximate surface area is 204 Å². The van der Waals surface area contributed by atoms with Gasteiger partial charge in [0.2, 0.25) is 0 Å². The summed E-state index contributed by atoms with van der Waals surface area (Å²) >= 11 is 6.52. The van der Waals surface area contributed by atoms with Crippen LogP contribution in [0.4, 0.5) is 4.79 Å². The molecule has 0 radical (unpaired) electrons. The number of carbonyl (C=O) groups excluding carboxylic acids is 2. The number of amides is 2. The van der Waals surface area contributed by atoms with Gasteiger partial charge in [0.1, 0.15) is 5.78 Å². The molecule has 8 nitrogen and oxygen atoms in total. The lowest BCUT2D eigenvalue weighted by Crippen LogP contribution is -2.50. The maximum absolute atomic E-state index is 13.4. The van der Waals surface area contributed by atoms with Crippen LogP contribution in [0, 0.1) is 11.3 Å². The molecule has 2 amide bonds. The highest BCUT2D eigenvalue weighted by Gasteiger charge is 2.47.